The van der Waals surface area contributed by atoms with Gasteiger partial charge >= 0.3 is 0 Å². The zero-order chi connectivity index (χ0) is 14.6. The van der Waals surface area contributed by atoms with Crippen LogP contribution < -0.4 is 11.1 Å². The molecule has 22 heavy (non-hydrogen) atoms. The lowest BCUT2D eigenvalue weighted by Gasteiger charge is -2.31. The van der Waals surface area contributed by atoms with E-state index in [0.717, 1.165) is 38.8 Å². The zero-order valence-corrected chi connectivity index (χ0v) is 15.7. The van der Waals surface area contributed by atoms with E-state index in [2.05, 4.69) is 17.1 Å². The van der Waals surface area contributed by atoms with Crippen LogP contribution in [0.25, 0.3) is 0 Å². The molecule has 0 aromatic rings. The maximum absolute atomic E-state index is 11.7. The fraction of sp³-hybridized carbons (Fsp3) is 0.938. The molecule has 1 amide bonds. The van der Waals surface area contributed by atoms with Gasteiger partial charge in [-0.15, -0.1) is 24.8 Å². The minimum atomic E-state index is 0. The number of hydrogen-bond donors (Lipinski definition) is 2. The molecule has 0 radical (unpaired) electrons. The number of likely N-dealkylation sites (tertiary alicyclic amines) is 1. The molecule has 4 nitrogen and oxygen atoms in total. The Morgan fingerprint density at radius 1 is 1.14 bits per heavy atom. The summed E-state index contributed by atoms with van der Waals surface area (Å²) in [7, 11) is 0. The molecule has 134 valence electrons. The van der Waals surface area contributed by atoms with Crippen molar-refractivity contribution in [2.45, 2.75) is 58.3 Å². The van der Waals surface area contributed by atoms with Crippen molar-refractivity contribution in [3.05, 3.63) is 0 Å². The highest BCUT2D eigenvalue weighted by Gasteiger charge is 2.18. The lowest BCUT2D eigenvalue weighted by atomic mass is 9.96. The van der Waals surface area contributed by atoms with E-state index >= 15 is 0 Å². The largest absolute Gasteiger partial charge is 0.356 e. The summed E-state index contributed by atoms with van der Waals surface area (Å²) in [5.41, 5.74) is 5.45. The number of carbonyl (C=O) groups excluding carboxylic acids is 1. The lowest BCUT2D eigenvalue weighted by Crippen LogP contribution is -2.38. The second-order valence-corrected chi connectivity index (χ2v) is 6.04. The summed E-state index contributed by atoms with van der Waals surface area (Å²) in [5, 5.41) is 3.11. The number of amides is 1. The first-order chi connectivity index (χ1) is 9.76. The predicted molar refractivity (Wildman–Crippen MR) is 99.1 cm³/mol. The third kappa shape index (κ3) is 11.5. The molecule has 1 heterocycles. The normalized spacial score (nSPS) is 15.7. The van der Waals surface area contributed by atoms with Crippen LogP contribution in [0.5, 0.6) is 0 Å². The number of nitrogens with one attached hydrogen (secondary N) is 1. The van der Waals surface area contributed by atoms with Gasteiger partial charge in [-0.3, -0.25) is 4.79 Å². The van der Waals surface area contributed by atoms with Crippen molar-refractivity contribution >= 4 is 30.7 Å². The van der Waals surface area contributed by atoms with Crippen LogP contribution in [0.3, 0.4) is 0 Å². The maximum atomic E-state index is 11.7. The molecule has 0 saturated carbocycles. The first kappa shape index (κ1) is 24.2. The van der Waals surface area contributed by atoms with Crippen molar-refractivity contribution in [3.63, 3.8) is 0 Å². The maximum Gasteiger partial charge on any atom is 0.220 e. The number of carbonyl (C=O) groups is 1. The Labute approximate surface area is 148 Å². The Morgan fingerprint density at radius 3 is 2.36 bits per heavy atom. The second-order valence-electron chi connectivity index (χ2n) is 6.04. The number of halogens is 2. The van der Waals surface area contributed by atoms with Crippen LogP contribution in [0.4, 0.5) is 0 Å². The minimum absolute atomic E-state index is 0. The Hall–Kier alpha value is -0.0300. The highest BCUT2D eigenvalue weighted by Crippen LogP contribution is 2.16. The van der Waals surface area contributed by atoms with Crippen molar-refractivity contribution in [3.8, 4) is 0 Å². The summed E-state index contributed by atoms with van der Waals surface area (Å²) in [5.74, 6) is 0.915. The Kier molecular flexibility index (Phi) is 17.5. The molecule has 1 aliphatic rings. The van der Waals surface area contributed by atoms with Crippen molar-refractivity contribution in [2.75, 3.05) is 32.7 Å². The number of nitrogens with two attached hydrogens (primary N) is 1. The Morgan fingerprint density at radius 2 is 1.77 bits per heavy atom. The highest BCUT2D eigenvalue weighted by atomic mass is 35.5. The third-order valence-electron chi connectivity index (χ3n) is 4.19. The summed E-state index contributed by atoms with van der Waals surface area (Å²) >= 11 is 0. The van der Waals surface area contributed by atoms with Crippen LogP contribution in [-0.2, 0) is 4.79 Å². The van der Waals surface area contributed by atoms with E-state index in [1.807, 2.05) is 0 Å². The molecule has 0 bridgehead atoms. The second kappa shape index (κ2) is 15.9. The topological polar surface area (TPSA) is 58.4 Å². The number of nitrogens with zero attached hydrogens (tertiary/aromatic N) is 1. The van der Waals surface area contributed by atoms with E-state index in [9.17, 15) is 4.79 Å². The molecule has 1 fully saturated rings. The van der Waals surface area contributed by atoms with Crippen molar-refractivity contribution in [2.24, 2.45) is 11.7 Å². The first-order valence-corrected chi connectivity index (χ1v) is 8.45. The molecule has 0 spiro atoms. The molecular weight excluding hydrogens is 321 g/mol. The van der Waals surface area contributed by atoms with Gasteiger partial charge in [0.05, 0.1) is 0 Å². The van der Waals surface area contributed by atoms with E-state index in [4.69, 9.17) is 5.73 Å². The smallest absolute Gasteiger partial charge is 0.220 e. The van der Waals surface area contributed by atoms with E-state index in [1.165, 1.54) is 38.9 Å². The van der Waals surface area contributed by atoms with Gasteiger partial charge in [0.2, 0.25) is 5.91 Å². The monoisotopic (exact) mass is 355 g/mol. The average Bonchev–Trinajstić information content (AvgIpc) is 2.47. The van der Waals surface area contributed by atoms with Gasteiger partial charge in [-0.05, 0) is 64.2 Å². The quantitative estimate of drug-likeness (QED) is 0.592. The molecule has 3 N–H and O–H groups in total. The molecule has 1 rings (SSSR count). The number of hydrogen-bond acceptors (Lipinski definition) is 3. The van der Waals surface area contributed by atoms with Gasteiger partial charge in [0.1, 0.15) is 0 Å². The standard InChI is InChI=1S/C16H33N3O.2ClH/c1-2-11-19-12-8-15(9-13-19)14-18-16(20)7-5-3-4-6-10-17;;/h15H,2-14,17H2,1H3,(H,18,20);2*1H. The zero-order valence-electron chi connectivity index (χ0n) is 14.0. The molecule has 0 aromatic carbocycles. The van der Waals surface area contributed by atoms with Crippen molar-refractivity contribution in [1.82, 2.24) is 10.2 Å². The fourth-order valence-electron chi connectivity index (χ4n) is 2.86. The molecule has 0 atom stereocenters. The molecule has 1 saturated heterocycles. The number of piperidine rings is 1. The van der Waals surface area contributed by atoms with E-state index in [-0.39, 0.29) is 30.7 Å². The van der Waals surface area contributed by atoms with Crippen molar-refractivity contribution in [1.29, 1.82) is 0 Å². The minimum Gasteiger partial charge on any atom is -0.356 e. The van der Waals surface area contributed by atoms with E-state index in [1.54, 1.807) is 0 Å². The van der Waals surface area contributed by atoms with Gasteiger partial charge in [-0.25, -0.2) is 0 Å². The average molecular weight is 356 g/mol. The van der Waals surface area contributed by atoms with Gasteiger partial charge in [0, 0.05) is 13.0 Å². The third-order valence-corrected chi connectivity index (χ3v) is 4.19. The number of rotatable bonds is 10. The predicted octanol–water partition coefficient (Wildman–Crippen LogP) is 2.98. The van der Waals surface area contributed by atoms with Crippen LogP contribution in [0.15, 0.2) is 0 Å². The van der Waals surface area contributed by atoms with Gasteiger partial charge in [-0.2, -0.15) is 0 Å². The van der Waals surface area contributed by atoms with E-state index < -0.39 is 0 Å². The summed E-state index contributed by atoms with van der Waals surface area (Å²) < 4.78 is 0. The van der Waals surface area contributed by atoms with Gasteiger partial charge in [0.15, 0.2) is 0 Å². The summed E-state index contributed by atoms with van der Waals surface area (Å²) in [6.45, 7) is 7.51. The summed E-state index contributed by atoms with van der Waals surface area (Å²) in [4.78, 5) is 14.3. The highest BCUT2D eigenvalue weighted by molar-refractivity contribution is 5.85. The molecule has 6 heteroatoms. The van der Waals surface area contributed by atoms with Crippen molar-refractivity contribution < 1.29 is 4.79 Å². The molecule has 1 aliphatic heterocycles. The molecule has 0 unspecified atom stereocenters. The molecule has 0 aliphatic carbocycles. The fourth-order valence-corrected chi connectivity index (χ4v) is 2.86. The number of unbranched alkanes of at least 4 members (excludes halogenated alkanes) is 3. The van der Waals surface area contributed by atoms with Gasteiger partial charge < -0.3 is 16.0 Å². The Balaban J connectivity index is 0. The lowest BCUT2D eigenvalue weighted by molar-refractivity contribution is -0.121. The molecule has 0 aromatic heterocycles. The summed E-state index contributed by atoms with van der Waals surface area (Å²) in [6.07, 6.45) is 8.75. The van der Waals surface area contributed by atoms with Crippen LogP contribution in [-0.4, -0.2) is 43.5 Å². The first-order valence-electron chi connectivity index (χ1n) is 8.45. The van der Waals surface area contributed by atoms with Crippen LogP contribution in [0.2, 0.25) is 0 Å². The van der Waals surface area contributed by atoms with Crippen LogP contribution in [0, 0.1) is 5.92 Å². The van der Waals surface area contributed by atoms with Gasteiger partial charge in [-0.1, -0.05) is 19.8 Å². The van der Waals surface area contributed by atoms with E-state index in [0.29, 0.717) is 12.3 Å². The van der Waals surface area contributed by atoms with Gasteiger partial charge in [0.25, 0.3) is 0 Å². The SMILES string of the molecule is CCCN1CCC(CNC(=O)CCCCCCN)CC1.Cl.Cl. The van der Waals surface area contributed by atoms with Crippen LogP contribution in [0.1, 0.15) is 58.3 Å². The summed E-state index contributed by atoms with van der Waals surface area (Å²) in [6, 6.07) is 0. The Bertz CT molecular complexity index is 260. The van der Waals surface area contributed by atoms with Crippen LogP contribution >= 0.6 is 24.8 Å². The molecular formula is C16H35Cl2N3O.